The third-order valence-electron chi connectivity index (χ3n) is 2.95. The van der Waals surface area contributed by atoms with Crippen molar-refractivity contribution in [3.05, 3.63) is 17.5 Å². The highest BCUT2D eigenvalue weighted by Gasteiger charge is 2.13. The fourth-order valence-electron chi connectivity index (χ4n) is 1.76. The first-order valence-electron chi connectivity index (χ1n) is 5.98. The van der Waals surface area contributed by atoms with Gasteiger partial charge in [0.1, 0.15) is 0 Å². The monoisotopic (exact) mass is 274 g/mol. The van der Waals surface area contributed by atoms with Crippen LogP contribution in [0.5, 0.6) is 0 Å². The zero-order valence-corrected chi connectivity index (χ0v) is 12.3. The van der Waals surface area contributed by atoms with Gasteiger partial charge in [-0.05, 0) is 33.9 Å². The van der Waals surface area contributed by atoms with Crippen molar-refractivity contribution in [3.63, 3.8) is 0 Å². The number of halogens is 1. The van der Waals surface area contributed by atoms with Gasteiger partial charge in [0.2, 0.25) is 5.91 Å². The minimum atomic E-state index is 0. The summed E-state index contributed by atoms with van der Waals surface area (Å²) in [6.45, 7) is 4.86. The van der Waals surface area contributed by atoms with Gasteiger partial charge in [0.15, 0.2) is 0 Å². The molecule has 6 heteroatoms. The van der Waals surface area contributed by atoms with Crippen molar-refractivity contribution in [2.75, 3.05) is 13.6 Å². The van der Waals surface area contributed by atoms with Crippen LogP contribution in [0.25, 0.3) is 0 Å². The van der Waals surface area contributed by atoms with Gasteiger partial charge >= 0.3 is 0 Å². The Labute approximate surface area is 115 Å². The van der Waals surface area contributed by atoms with Gasteiger partial charge < -0.3 is 10.6 Å². The van der Waals surface area contributed by atoms with E-state index in [1.807, 2.05) is 38.8 Å². The van der Waals surface area contributed by atoms with E-state index in [4.69, 9.17) is 0 Å². The highest BCUT2D eigenvalue weighted by Crippen LogP contribution is 2.15. The lowest BCUT2D eigenvalue weighted by molar-refractivity contribution is -0.121. The second kappa shape index (κ2) is 8.11. The Balaban J connectivity index is 0.00000289. The van der Waals surface area contributed by atoms with E-state index in [1.165, 1.54) is 0 Å². The van der Waals surface area contributed by atoms with Crippen molar-refractivity contribution in [2.24, 2.45) is 7.05 Å². The van der Waals surface area contributed by atoms with Gasteiger partial charge in [0, 0.05) is 24.7 Å². The predicted molar refractivity (Wildman–Crippen MR) is 74.9 cm³/mol. The zero-order chi connectivity index (χ0) is 12.8. The van der Waals surface area contributed by atoms with E-state index in [0.717, 1.165) is 24.2 Å². The van der Waals surface area contributed by atoms with Gasteiger partial charge in [-0.3, -0.25) is 9.48 Å². The molecule has 1 unspecified atom stereocenters. The fraction of sp³-hybridized carbons (Fsp3) is 0.667. The number of hydrogen-bond donors (Lipinski definition) is 2. The Morgan fingerprint density at radius 1 is 1.56 bits per heavy atom. The van der Waals surface area contributed by atoms with Crippen LogP contribution < -0.4 is 10.6 Å². The molecule has 0 spiro atoms. The second-order valence-electron chi connectivity index (χ2n) is 4.31. The van der Waals surface area contributed by atoms with E-state index >= 15 is 0 Å². The highest BCUT2D eigenvalue weighted by atomic mass is 35.5. The van der Waals surface area contributed by atoms with Gasteiger partial charge in [-0.2, -0.15) is 5.10 Å². The third kappa shape index (κ3) is 4.66. The maximum absolute atomic E-state index is 11.7. The summed E-state index contributed by atoms with van der Waals surface area (Å²) < 4.78 is 1.82. The molecule has 0 aliphatic carbocycles. The van der Waals surface area contributed by atoms with Crippen LogP contribution in [0.1, 0.15) is 37.1 Å². The molecule has 1 rings (SSSR count). The Morgan fingerprint density at radius 2 is 2.22 bits per heavy atom. The molecule has 1 heterocycles. The number of carbonyl (C=O) groups is 1. The van der Waals surface area contributed by atoms with Crippen molar-refractivity contribution in [1.82, 2.24) is 20.4 Å². The number of rotatable bonds is 6. The molecule has 0 aromatic carbocycles. The van der Waals surface area contributed by atoms with E-state index in [0.29, 0.717) is 6.42 Å². The molecule has 0 saturated heterocycles. The Hall–Kier alpha value is -1.07. The number of amides is 1. The molecule has 1 atom stereocenters. The van der Waals surface area contributed by atoms with Crippen LogP contribution in [0.4, 0.5) is 0 Å². The first-order chi connectivity index (χ1) is 8.06. The van der Waals surface area contributed by atoms with E-state index in [2.05, 4.69) is 15.7 Å². The highest BCUT2D eigenvalue weighted by molar-refractivity contribution is 5.85. The quantitative estimate of drug-likeness (QED) is 0.770. The Bertz CT molecular complexity index is 378. The molecule has 2 N–H and O–H groups in total. The molecule has 1 amide bonds. The lowest BCUT2D eigenvalue weighted by atomic mass is 10.1. The average molecular weight is 275 g/mol. The van der Waals surface area contributed by atoms with Crippen molar-refractivity contribution in [2.45, 2.75) is 32.7 Å². The molecule has 1 aromatic heterocycles. The Morgan fingerprint density at radius 3 is 2.72 bits per heavy atom. The van der Waals surface area contributed by atoms with Crippen molar-refractivity contribution in [1.29, 1.82) is 0 Å². The van der Waals surface area contributed by atoms with Crippen LogP contribution in [0, 0.1) is 6.92 Å². The van der Waals surface area contributed by atoms with E-state index in [9.17, 15) is 4.79 Å². The molecular weight excluding hydrogens is 252 g/mol. The summed E-state index contributed by atoms with van der Waals surface area (Å²) >= 11 is 0. The zero-order valence-electron chi connectivity index (χ0n) is 11.5. The average Bonchev–Trinajstić information content (AvgIpc) is 2.60. The summed E-state index contributed by atoms with van der Waals surface area (Å²) in [7, 11) is 3.79. The van der Waals surface area contributed by atoms with Crippen molar-refractivity contribution >= 4 is 18.3 Å². The number of nitrogens with one attached hydrogen (secondary N) is 2. The van der Waals surface area contributed by atoms with Gasteiger partial charge in [-0.1, -0.05) is 0 Å². The molecule has 0 saturated carbocycles. The van der Waals surface area contributed by atoms with E-state index < -0.39 is 0 Å². The van der Waals surface area contributed by atoms with Crippen LogP contribution in [-0.4, -0.2) is 29.3 Å². The lowest BCUT2D eigenvalue weighted by Gasteiger charge is -2.13. The van der Waals surface area contributed by atoms with Crippen molar-refractivity contribution < 1.29 is 4.79 Å². The van der Waals surface area contributed by atoms with Crippen LogP contribution in [0.15, 0.2) is 6.20 Å². The summed E-state index contributed by atoms with van der Waals surface area (Å²) in [6.07, 6.45) is 3.24. The lowest BCUT2D eigenvalue weighted by Crippen LogP contribution is -2.27. The molecule has 0 aliphatic rings. The summed E-state index contributed by atoms with van der Waals surface area (Å²) in [5.74, 6) is 0.0935. The minimum Gasteiger partial charge on any atom is -0.349 e. The SMILES string of the molecule is CNCCCC(=O)NC(C)c1cnn(C)c1C.Cl. The van der Waals surface area contributed by atoms with Crippen LogP contribution in [0.3, 0.4) is 0 Å². The van der Waals surface area contributed by atoms with Gasteiger partial charge in [0.05, 0.1) is 12.2 Å². The number of nitrogens with zero attached hydrogens (tertiary/aromatic N) is 2. The van der Waals surface area contributed by atoms with E-state index in [-0.39, 0.29) is 24.4 Å². The topological polar surface area (TPSA) is 59.0 Å². The number of hydrogen-bond acceptors (Lipinski definition) is 3. The predicted octanol–water partition coefficient (Wildman–Crippen LogP) is 1.33. The summed E-state index contributed by atoms with van der Waals surface area (Å²) in [5, 5.41) is 10.2. The first-order valence-corrected chi connectivity index (χ1v) is 5.98. The minimum absolute atomic E-state index is 0. The van der Waals surface area contributed by atoms with Gasteiger partial charge in [-0.25, -0.2) is 0 Å². The Kier molecular flexibility index (Phi) is 7.62. The molecule has 104 valence electrons. The maximum atomic E-state index is 11.7. The second-order valence-corrected chi connectivity index (χ2v) is 4.31. The number of carbonyl (C=O) groups excluding carboxylic acids is 1. The molecule has 0 bridgehead atoms. The van der Waals surface area contributed by atoms with Crippen molar-refractivity contribution in [3.8, 4) is 0 Å². The third-order valence-corrected chi connectivity index (χ3v) is 2.95. The molecule has 0 radical (unpaired) electrons. The van der Waals surface area contributed by atoms with Gasteiger partial charge in [-0.15, -0.1) is 12.4 Å². The maximum Gasteiger partial charge on any atom is 0.220 e. The van der Waals surface area contributed by atoms with Crippen LogP contribution in [0.2, 0.25) is 0 Å². The molecule has 0 aliphatic heterocycles. The summed E-state index contributed by atoms with van der Waals surface area (Å²) in [5.41, 5.74) is 2.17. The molecule has 0 fully saturated rings. The normalized spacial score (nSPS) is 11.8. The molecule has 5 nitrogen and oxygen atoms in total. The summed E-state index contributed by atoms with van der Waals surface area (Å²) in [4.78, 5) is 11.7. The molecular formula is C12H23ClN4O. The number of aryl methyl sites for hydroxylation is 1. The standard InChI is InChI=1S/C12H22N4O.ClH/c1-9(11-8-14-16(4)10(11)2)15-12(17)6-5-7-13-3;/h8-9,13H,5-7H2,1-4H3,(H,15,17);1H. The van der Waals surface area contributed by atoms with Crippen LogP contribution in [-0.2, 0) is 11.8 Å². The smallest absolute Gasteiger partial charge is 0.220 e. The largest absolute Gasteiger partial charge is 0.349 e. The number of aromatic nitrogens is 2. The fourth-order valence-corrected chi connectivity index (χ4v) is 1.76. The molecule has 1 aromatic rings. The first kappa shape index (κ1) is 16.9. The summed E-state index contributed by atoms with van der Waals surface area (Å²) in [6, 6.07) is 0.0192. The molecule has 18 heavy (non-hydrogen) atoms. The van der Waals surface area contributed by atoms with Gasteiger partial charge in [0.25, 0.3) is 0 Å². The van der Waals surface area contributed by atoms with Crippen LogP contribution >= 0.6 is 12.4 Å². The van der Waals surface area contributed by atoms with E-state index in [1.54, 1.807) is 0 Å².